The van der Waals surface area contributed by atoms with E-state index >= 15 is 0 Å². The molecule has 0 aliphatic carbocycles. The van der Waals surface area contributed by atoms with Crippen LogP contribution in [0, 0.1) is 0 Å². The molecule has 0 unspecified atom stereocenters. The van der Waals surface area contributed by atoms with Gasteiger partial charge in [0, 0.05) is 42.8 Å². The van der Waals surface area contributed by atoms with Crippen molar-refractivity contribution in [3.8, 4) is 11.5 Å². The molecule has 0 bridgehead atoms. The maximum absolute atomic E-state index is 12.6. The SMILES string of the molecule is C=CCOc1ccc(/C=C/C(=O)N2CCN(C(=O)c3ccc(Cl)cc3)CC2)cc1OC. The number of halogens is 1. The summed E-state index contributed by atoms with van der Waals surface area (Å²) in [6, 6.07) is 12.3. The van der Waals surface area contributed by atoms with Gasteiger partial charge in [-0.3, -0.25) is 9.59 Å². The Labute approximate surface area is 187 Å². The molecule has 0 N–H and O–H groups in total. The van der Waals surface area contributed by atoms with Crippen molar-refractivity contribution < 1.29 is 19.1 Å². The van der Waals surface area contributed by atoms with Crippen LogP contribution in [0.2, 0.25) is 5.02 Å². The van der Waals surface area contributed by atoms with Crippen LogP contribution in [-0.4, -0.2) is 61.5 Å². The summed E-state index contributed by atoms with van der Waals surface area (Å²) >= 11 is 5.88. The van der Waals surface area contributed by atoms with E-state index in [0.717, 1.165) is 5.56 Å². The average molecular weight is 441 g/mol. The van der Waals surface area contributed by atoms with Gasteiger partial charge in [0.1, 0.15) is 6.61 Å². The van der Waals surface area contributed by atoms with Crippen molar-refractivity contribution in [3.05, 3.63) is 77.3 Å². The molecule has 31 heavy (non-hydrogen) atoms. The van der Waals surface area contributed by atoms with Gasteiger partial charge >= 0.3 is 0 Å². The number of methoxy groups -OCH3 is 1. The van der Waals surface area contributed by atoms with Crippen molar-refractivity contribution in [2.24, 2.45) is 0 Å². The van der Waals surface area contributed by atoms with E-state index in [1.807, 2.05) is 12.1 Å². The zero-order valence-electron chi connectivity index (χ0n) is 17.4. The normalized spacial score (nSPS) is 13.9. The molecule has 3 rings (SSSR count). The number of hydrogen-bond acceptors (Lipinski definition) is 4. The molecular weight excluding hydrogens is 416 g/mol. The van der Waals surface area contributed by atoms with E-state index in [4.69, 9.17) is 21.1 Å². The Bertz CT molecular complexity index is 964. The number of benzene rings is 2. The molecule has 2 aromatic carbocycles. The van der Waals surface area contributed by atoms with Gasteiger partial charge in [-0.1, -0.05) is 30.3 Å². The molecule has 0 saturated carbocycles. The number of carbonyl (C=O) groups is 2. The summed E-state index contributed by atoms with van der Waals surface area (Å²) in [6.45, 7) is 5.97. The van der Waals surface area contributed by atoms with E-state index in [1.54, 1.807) is 59.4 Å². The van der Waals surface area contributed by atoms with Crippen LogP contribution in [0.15, 0.2) is 61.2 Å². The highest BCUT2D eigenvalue weighted by Gasteiger charge is 2.23. The van der Waals surface area contributed by atoms with Crippen molar-refractivity contribution in [1.82, 2.24) is 9.80 Å². The van der Waals surface area contributed by atoms with Gasteiger partial charge in [0.25, 0.3) is 5.91 Å². The van der Waals surface area contributed by atoms with Crippen LogP contribution in [0.1, 0.15) is 15.9 Å². The van der Waals surface area contributed by atoms with Gasteiger partial charge in [0.2, 0.25) is 5.91 Å². The van der Waals surface area contributed by atoms with E-state index in [1.165, 1.54) is 6.08 Å². The lowest BCUT2D eigenvalue weighted by molar-refractivity contribution is -0.127. The van der Waals surface area contributed by atoms with Crippen molar-refractivity contribution in [1.29, 1.82) is 0 Å². The first kappa shape index (κ1) is 22.4. The zero-order chi connectivity index (χ0) is 22.2. The minimum Gasteiger partial charge on any atom is -0.493 e. The van der Waals surface area contributed by atoms with Gasteiger partial charge in [-0.15, -0.1) is 0 Å². The topological polar surface area (TPSA) is 59.1 Å². The Kier molecular flexibility index (Phi) is 7.73. The Hall–Kier alpha value is -3.25. The monoisotopic (exact) mass is 440 g/mol. The fourth-order valence-electron chi connectivity index (χ4n) is 3.23. The van der Waals surface area contributed by atoms with Crippen LogP contribution in [0.4, 0.5) is 0 Å². The number of nitrogens with zero attached hydrogens (tertiary/aromatic N) is 2. The minimum absolute atomic E-state index is 0.0508. The van der Waals surface area contributed by atoms with E-state index in [9.17, 15) is 9.59 Å². The summed E-state index contributed by atoms with van der Waals surface area (Å²) < 4.78 is 10.9. The van der Waals surface area contributed by atoms with Crippen LogP contribution in [-0.2, 0) is 4.79 Å². The van der Waals surface area contributed by atoms with E-state index in [2.05, 4.69) is 6.58 Å². The lowest BCUT2D eigenvalue weighted by Gasteiger charge is -2.34. The number of piperazine rings is 1. The van der Waals surface area contributed by atoms with Crippen LogP contribution >= 0.6 is 11.6 Å². The van der Waals surface area contributed by atoms with Gasteiger partial charge in [-0.25, -0.2) is 0 Å². The number of amides is 2. The van der Waals surface area contributed by atoms with Crippen molar-refractivity contribution >= 4 is 29.5 Å². The summed E-state index contributed by atoms with van der Waals surface area (Å²) in [5, 5.41) is 0.593. The first-order chi connectivity index (χ1) is 15.0. The molecule has 0 radical (unpaired) electrons. The standard InChI is InChI=1S/C24H25ClN2O4/c1-3-16-31-21-10-4-18(17-22(21)30-2)5-11-23(28)26-12-14-27(15-13-26)24(29)19-6-8-20(25)9-7-19/h3-11,17H,1,12-16H2,2H3/b11-5+. The molecule has 1 aliphatic rings. The molecule has 0 spiro atoms. The maximum Gasteiger partial charge on any atom is 0.253 e. The third-order valence-electron chi connectivity index (χ3n) is 4.93. The van der Waals surface area contributed by atoms with Gasteiger partial charge in [-0.2, -0.15) is 0 Å². The molecule has 1 aliphatic heterocycles. The van der Waals surface area contributed by atoms with Crippen molar-refractivity contribution in [2.45, 2.75) is 0 Å². The molecular formula is C24H25ClN2O4. The average Bonchev–Trinajstić information content (AvgIpc) is 2.81. The van der Waals surface area contributed by atoms with Crippen LogP contribution in [0.3, 0.4) is 0 Å². The molecule has 1 heterocycles. The fourth-order valence-corrected chi connectivity index (χ4v) is 3.36. The summed E-state index contributed by atoms with van der Waals surface area (Å²) in [5.41, 5.74) is 1.42. The summed E-state index contributed by atoms with van der Waals surface area (Å²) in [4.78, 5) is 28.7. The van der Waals surface area contributed by atoms with Crippen LogP contribution < -0.4 is 9.47 Å². The summed E-state index contributed by atoms with van der Waals surface area (Å²) in [6.07, 6.45) is 4.94. The zero-order valence-corrected chi connectivity index (χ0v) is 18.2. The number of carbonyl (C=O) groups excluding carboxylic acids is 2. The smallest absolute Gasteiger partial charge is 0.253 e. The number of hydrogen-bond donors (Lipinski definition) is 0. The third-order valence-corrected chi connectivity index (χ3v) is 5.18. The second-order valence-electron chi connectivity index (χ2n) is 6.97. The maximum atomic E-state index is 12.6. The number of ether oxygens (including phenoxy) is 2. The lowest BCUT2D eigenvalue weighted by Crippen LogP contribution is -2.50. The quantitative estimate of drug-likeness (QED) is 0.484. The first-order valence-corrected chi connectivity index (χ1v) is 10.3. The summed E-state index contributed by atoms with van der Waals surface area (Å²) in [7, 11) is 1.57. The third kappa shape index (κ3) is 5.89. The molecule has 6 nitrogen and oxygen atoms in total. The van der Waals surface area contributed by atoms with Gasteiger partial charge in [-0.05, 0) is 48.0 Å². The fraction of sp³-hybridized carbons (Fsp3) is 0.250. The van der Waals surface area contributed by atoms with E-state index in [0.29, 0.717) is 54.9 Å². The predicted molar refractivity (Wildman–Crippen MR) is 122 cm³/mol. The van der Waals surface area contributed by atoms with Crippen molar-refractivity contribution in [2.75, 3.05) is 39.9 Å². The molecule has 2 aromatic rings. The second kappa shape index (κ2) is 10.7. The Morgan fingerprint density at radius 1 is 1.03 bits per heavy atom. The molecule has 1 fully saturated rings. The van der Waals surface area contributed by atoms with Crippen LogP contribution in [0.25, 0.3) is 6.08 Å². The molecule has 7 heteroatoms. The molecule has 2 amide bonds. The highest BCUT2D eigenvalue weighted by Crippen LogP contribution is 2.28. The Balaban J connectivity index is 1.56. The molecule has 1 saturated heterocycles. The van der Waals surface area contributed by atoms with Gasteiger partial charge < -0.3 is 19.3 Å². The van der Waals surface area contributed by atoms with E-state index in [-0.39, 0.29) is 11.8 Å². The largest absolute Gasteiger partial charge is 0.493 e. The van der Waals surface area contributed by atoms with Gasteiger partial charge in [0.05, 0.1) is 7.11 Å². The Morgan fingerprint density at radius 3 is 2.35 bits per heavy atom. The van der Waals surface area contributed by atoms with E-state index < -0.39 is 0 Å². The van der Waals surface area contributed by atoms with Crippen molar-refractivity contribution in [3.63, 3.8) is 0 Å². The highest BCUT2D eigenvalue weighted by molar-refractivity contribution is 6.30. The summed E-state index contributed by atoms with van der Waals surface area (Å²) in [5.74, 6) is 1.06. The molecule has 0 aromatic heterocycles. The van der Waals surface area contributed by atoms with Gasteiger partial charge in [0.15, 0.2) is 11.5 Å². The lowest BCUT2D eigenvalue weighted by atomic mass is 10.1. The predicted octanol–water partition coefficient (Wildman–Crippen LogP) is 3.91. The van der Waals surface area contributed by atoms with Crippen LogP contribution in [0.5, 0.6) is 11.5 Å². The molecule has 0 atom stereocenters. The minimum atomic E-state index is -0.0930. The number of rotatable bonds is 7. The highest BCUT2D eigenvalue weighted by atomic mass is 35.5. The first-order valence-electron chi connectivity index (χ1n) is 9.95. The molecule has 162 valence electrons. The second-order valence-corrected chi connectivity index (χ2v) is 7.40. The Morgan fingerprint density at radius 2 is 1.71 bits per heavy atom.